The summed E-state index contributed by atoms with van der Waals surface area (Å²) in [5, 5.41) is 0. The molecule has 0 N–H and O–H groups in total. The smallest absolute Gasteiger partial charge is 0.310 e. The van der Waals surface area contributed by atoms with E-state index in [1.54, 1.807) is 6.08 Å². The summed E-state index contributed by atoms with van der Waals surface area (Å²) < 4.78 is 16.6. The second-order valence-electron chi connectivity index (χ2n) is 16.7. The Balaban J connectivity index is 4.39. The first-order chi connectivity index (χ1) is 32.5. The molecule has 0 aliphatic rings. The van der Waals surface area contributed by atoms with Crippen molar-refractivity contribution in [3.8, 4) is 0 Å². The van der Waals surface area contributed by atoms with Gasteiger partial charge in [0.25, 0.3) is 0 Å². The molecule has 0 aromatic carbocycles. The van der Waals surface area contributed by atoms with Crippen molar-refractivity contribution in [3.05, 3.63) is 134 Å². The van der Waals surface area contributed by atoms with Gasteiger partial charge in [-0.1, -0.05) is 225 Å². The van der Waals surface area contributed by atoms with Gasteiger partial charge in [0.05, 0.1) is 6.42 Å². The Kier molecular flexibility index (Phi) is 49.6. The van der Waals surface area contributed by atoms with Crippen molar-refractivity contribution in [3.63, 3.8) is 0 Å². The van der Waals surface area contributed by atoms with Crippen molar-refractivity contribution < 1.29 is 28.6 Å². The lowest BCUT2D eigenvalue weighted by atomic mass is 10.1. The van der Waals surface area contributed by atoms with Gasteiger partial charge in [-0.25, -0.2) is 0 Å². The van der Waals surface area contributed by atoms with Crippen LogP contribution in [0.15, 0.2) is 134 Å². The van der Waals surface area contributed by atoms with E-state index in [1.807, 2.05) is 6.08 Å². The van der Waals surface area contributed by atoms with Crippen LogP contribution in [-0.2, 0) is 28.6 Å². The van der Waals surface area contributed by atoms with Crippen LogP contribution in [0.3, 0.4) is 0 Å². The van der Waals surface area contributed by atoms with Gasteiger partial charge in [0.1, 0.15) is 13.2 Å². The Morgan fingerprint density at radius 3 is 1.00 bits per heavy atom. The Hall–Kier alpha value is -4.45. The fourth-order valence-corrected chi connectivity index (χ4v) is 6.58. The second-order valence-corrected chi connectivity index (χ2v) is 16.7. The summed E-state index contributed by atoms with van der Waals surface area (Å²) in [5.74, 6) is -1.09. The van der Waals surface area contributed by atoms with Gasteiger partial charge in [0, 0.05) is 12.8 Å². The fraction of sp³-hybridized carbons (Fsp3) is 0.583. The summed E-state index contributed by atoms with van der Waals surface area (Å²) in [6.45, 7) is 6.26. The number of rotatable bonds is 45. The third-order valence-corrected chi connectivity index (χ3v) is 10.4. The first-order valence-corrected chi connectivity index (χ1v) is 26.2. The molecule has 0 radical (unpaired) electrons. The molecule has 0 aliphatic carbocycles. The van der Waals surface area contributed by atoms with E-state index in [4.69, 9.17) is 14.2 Å². The van der Waals surface area contributed by atoms with Crippen molar-refractivity contribution >= 4 is 17.9 Å². The first kappa shape index (κ1) is 61.5. The predicted molar refractivity (Wildman–Crippen MR) is 283 cm³/mol. The molecular weight excluding hydrogens is 817 g/mol. The lowest BCUT2D eigenvalue weighted by molar-refractivity contribution is -0.166. The van der Waals surface area contributed by atoms with Gasteiger partial charge in [0.15, 0.2) is 6.10 Å². The minimum absolute atomic E-state index is 0.0889. The first-order valence-electron chi connectivity index (χ1n) is 26.2. The molecule has 0 aromatic rings. The summed E-state index contributed by atoms with van der Waals surface area (Å²) in [5.41, 5.74) is 0. The van der Waals surface area contributed by atoms with Crippen molar-refractivity contribution in [1.82, 2.24) is 0 Å². The minimum atomic E-state index is -0.840. The van der Waals surface area contributed by atoms with Gasteiger partial charge in [-0.05, 0) is 96.3 Å². The molecule has 0 heterocycles. The van der Waals surface area contributed by atoms with Crippen LogP contribution in [0.5, 0.6) is 0 Å². The maximum atomic E-state index is 12.7. The van der Waals surface area contributed by atoms with Gasteiger partial charge in [-0.2, -0.15) is 0 Å². The Morgan fingerprint density at radius 1 is 0.333 bits per heavy atom. The minimum Gasteiger partial charge on any atom is -0.462 e. The SMILES string of the molecule is CC/C=C\C/C=C\C/C=C\C/C=C\C/C=C\C/C=C\CCCCCCCCC(=O)OCC(COC(=O)CCCCCCCCCC)OC(=O)C/C=C\C/C=C\C/C=C\C/C=C\C/C=C\CC. The fourth-order valence-electron chi connectivity index (χ4n) is 6.58. The van der Waals surface area contributed by atoms with E-state index in [9.17, 15) is 14.4 Å². The van der Waals surface area contributed by atoms with Crippen molar-refractivity contribution in [2.24, 2.45) is 0 Å². The highest BCUT2D eigenvalue weighted by Gasteiger charge is 2.19. The van der Waals surface area contributed by atoms with Gasteiger partial charge < -0.3 is 14.2 Å². The molecule has 66 heavy (non-hydrogen) atoms. The van der Waals surface area contributed by atoms with Crippen LogP contribution in [0, 0.1) is 0 Å². The number of hydrogen-bond donors (Lipinski definition) is 0. The summed E-state index contributed by atoms with van der Waals surface area (Å²) in [4.78, 5) is 37.8. The molecule has 6 nitrogen and oxygen atoms in total. The van der Waals surface area contributed by atoms with Gasteiger partial charge in [-0.15, -0.1) is 0 Å². The van der Waals surface area contributed by atoms with E-state index in [0.717, 1.165) is 116 Å². The molecular formula is C60H94O6. The van der Waals surface area contributed by atoms with E-state index in [1.165, 1.54) is 44.9 Å². The summed E-state index contributed by atoms with van der Waals surface area (Å²) in [7, 11) is 0. The van der Waals surface area contributed by atoms with Crippen molar-refractivity contribution in [2.75, 3.05) is 13.2 Å². The van der Waals surface area contributed by atoms with Crippen molar-refractivity contribution in [2.45, 2.75) is 213 Å². The van der Waals surface area contributed by atoms with Gasteiger partial charge >= 0.3 is 17.9 Å². The Bertz CT molecular complexity index is 1460. The maximum absolute atomic E-state index is 12.7. The van der Waals surface area contributed by atoms with Crippen LogP contribution in [-0.4, -0.2) is 37.2 Å². The number of carbonyl (C=O) groups excluding carboxylic acids is 3. The van der Waals surface area contributed by atoms with E-state index in [0.29, 0.717) is 19.3 Å². The molecule has 0 rings (SSSR count). The van der Waals surface area contributed by atoms with E-state index in [-0.39, 0.29) is 31.6 Å². The highest BCUT2D eigenvalue weighted by Crippen LogP contribution is 2.12. The van der Waals surface area contributed by atoms with E-state index in [2.05, 4.69) is 142 Å². The molecule has 0 saturated heterocycles. The second kappa shape index (κ2) is 53.2. The monoisotopic (exact) mass is 911 g/mol. The van der Waals surface area contributed by atoms with E-state index >= 15 is 0 Å². The Labute approximate surface area is 405 Å². The maximum Gasteiger partial charge on any atom is 0.310 e. The zero-order chi connectivity index (χ0) is 47.9. The molecule has 0 aromatic heterocycles. The predicted octanol–water partition coefficient (Wildman–Crippen LogP) is 17.5. The molecule has 0 saturated carbocycles. The zero-order valence-electron chi connectivity index (χ0n) is 42.1. The third kappa shape index (κ3) is 50.5. The average Bonchev–Trinajstić information content (AvgIpc) is 3.31. The number of carbonyl (C=O) groups is 3. The van der Waals surface area contributed by atoms with Crippen LogP contribution in [0.4, 0.5) is 0 Å². The standard InChI is InChI=1S/C60H94O6/c1-4-7-10-13-16-19-21-23-25-26-27-28-29-30-31-32-33-34-36-37-39-41-44-47-50-53-59(62)65-56-57(55-64-58(61)52-49-46-43-18-15-12-9-6-3)66-60(63)54-51-48-45-42-40-38-35-24-22-20-17-14-11-8-5-2/h7-8,10-11,16-17,19-20,23-25,27-28,30-31,33-35,40,42,48,51,57H,4-6,9,12-15,18,21-22,26,29,32,36-39,41,43-47,49-50,52-56H2,1-3H3/b10-7-,11-8-,19-16-,20-17-,25-23-,28-27-,31-30-,34-33-,35-24-,42-40-,51-48-. The van der Waals surface area contributed by atoms with Crippen molar-refractivity contribution in [1.29, 1.82) is 0 Å². The molecule has 0 spiro atoms. The number of esters is 3. The molecule has 0 amide bonds. The number of hydrogen-bond acceptors (Lipinski definition) is 6. The molecule has 0 aliphatic heterocycles. The van der Waals surface area contributed by atoms with E-state index < -0.39 is 12.1 Å². The Morgan fingerprint density at radius 2 is 0.636 bits per heavy atom. The summed E-state index contributed by atoms with van der Waals surface area (Å²) in [6.07, 6.45) is 74.7. The summed E-state index contributed by atoms with van der Waals surface area (Å²) >= 11 is 0. The number of ether oxygens (including phenoxy) is 3. The lowest BCUT2D eigenvalue weighted by Crippen LogP contribution is -2.30. The zero-order valence-corrected chi connectivity index (χ0v) is 42.1. The van der Waals surface area contributed by atoms with Crippen LogP contribution in [0.1, 0.15) is 207 Å². The molecule has 0 fully saturated rings. The largest absolute Gasteiger partial charge is 0.462 e. The molecule has 1 atom stereocenters. The van der Waals surface area contributed by atoms with Gasteiger partial charge in [0.2, 0.25) is 0 Å². The topological polar surface area (TPSA) is 78.9 Å². The number of unbranched alkanes of at least 4 members (excludes halogenated alkanes) is 13. The summed E-state index contributed by atoms with van der Waals surface area (Å²) in [6, 6.07) is 0. The molecule has 6 heteroatoms. The average molecular weight is 911 g/mol. The quantitative estimate of drug-likeness (QED) is 0.0262. The lowest BCUT2D eigenvalue weighted by Gasteiger charge is -2.18. The normalized spacial score (nSPS) is 13.2. The third-order valence-electron chi connectivity index (χ3n) is 10.4. The van der Waals surface area contributed by atoms with Crippen LogP contribution in [0.25, 0.3) is 0 Å². The number of allylic oxidation sites excluding steroid dienone is 21. The van der Waals surface area contributed by atoms with Crippen LogP contribution in [0.2, 0.25) is 0 Å². The van der Waals surface area contributed by atoms with Gasteiger partial charge in [-0.3, -0.25) is 14.4 Å². The molecule has 1 unspecified atom stereocenters. The van der Waals surface area contributed by atoms with Crippen LogP contribution >= 0.6 is 0 Å². The molecule has 0 bridgehead atoms. The molecule has 370 valence electrons. The van der Waals surface area contributed by atoms with Crippen LogP contribution < -0.4 is 0 Å². The highest BCUT2D eigenvalue weighted by atomic mass is 16.6. The highest BCUT2D eigenvalue weighted by molar-refractivity contribution is 5.72.